The Morgan fingerprint density at radius 1 is 1.17 bits per heavy atom. The van der Waals surface area contributed by atoms with Gasteiger partial charge in [-0.05, 0) is 80.2 Å². The normalized spacial score (nSPS) is 15.3. The number of carboxylic acid groups (broad SMARTS) is 1. The van der Waals surface area contributed by atoms with Crippen LogP contribution in [0.2, 0.25) is 0 Å². The summed E-state index contributed by atoms with van der Waals surface area (Å²) in [6.07, 6.45) is 3.11. The maximum atomic E-state index is 13.3. The molecule has 1 aliphatic rings. The van der Waals surface area contributed by atoms with Crippen molar-refractivity contribution >= 4 is 16.0 Å². The van der Waals surface area contributed by atoms with Gasteiger partial charge in [0, 0.05) is 32.1 Å². The number of fused-ring (bicyclic) bond motifs is 1. The SMILES string of the molecule is CCc1cc(CCC(=O)O)ccc1S(=O)(=O)N(C)CC(O)CNC(C)(C)CC1Cc2ccccc2C1. The lowest BCUT2D eigenvalue weighted by molar-refractivity contribution is -0.136. The van der Waals surface area contributed by atoms with Crippen molar-refractivity contribution in [1.82, 2.24) is 9.62 Å². The van der Waals surface area contributed by atoms with Crippen LogP contribution in [0.15, 0.2) is 47.4 Å². The van der Waals surface area contributed by atoms with Gasteiger partial charge in [-0.25, -0.2) is 8.42 Å². The number of carboxylic acids is 1. The van der Waals surface area contributed by atoms with E-state index in [0.29, 0.717) is 30.9 Å². The Morgan fingerprint density at radius 2 is 1.81 bits per heavy atom. The van der Waals surface area contributed by atoms with E-state index in [4.69, 9.17) is 5.11 Å². The Kier molecular flexibility index (Phi) is 9.33. The molecule has 0 radical (unpaired) electrons. The molecular formula is C28H40N2O5S. The lowest BCUT2D eigenvalue weighted by Gasteiger charge is -2.31. The molecule has 3 rings (SSSR count). The fourth-order valence-corrected chi connectivity index (χ4v) is 6.66. The number of hydrogen-bond donors (Lipinski definition) is 3. The fraction of sp³-hybridized carbons (Fsp3) is 0.536. The molecule has 3 N–H and O–H groups in total. The minimum absolute atomic E-state index is 0.00161. The van der Waals surface area contributed by atoms with Gasteiger partial charge >= 0.3 is 5.97 Å². The predicted molar refractivity (Wildman–Crippen MR) is 142 cm³/mol. The molecule has 1 aliphatic carbocycles. The second kappa shape index (κ2) is 11.9. The van der Waals surface area contributed by atoms with Gasteiger partial charge in [0.2, 0.25) is 10.0 Å². The molecule has 1 atom stereocenters. The van der Waals surface area contributed by atoms with Crippen LogP contribution in [0.1, 0.15) is 55.9 Å². The Labute approximate surface area is 215 Å². The third-order valence-corrected chi connectivity index (χ3v) is 8.96. The van der Waals surface area contributed by atoms with E-state index in [1.165, 1.54) is 22.5 Å². The summed E-state index contributed by atoms with van der Waals surface area (Å²) in [6.45, 7) is 6.40. The van der Waals surface area contributed by atoms with Gasteiger partial charge in [0.25, 0.3) is 0 Å². The maximum Gasteiger partial charge on any atom is 0.303 e. The monoisotopic (exact) mass is 516 g/mol. The van der Waals surface area contributed by atoms with Crippen molar-refractivity contribution < 1.29 is 23.4 Å². The van der Waals surface area contributed by atoms with Crippen LogP contribution < -0.4 is 5.32 Å². The lowest BCUT2D eigenvalue weighted by Crippen LogP contribution is -2.47. The van der Waals surface area contributed by atoms with E-state index < -0.39 is 22.1 Å². The molecule has 1 unspecified atom stereocenters. The molecule has 36 heavy (non-hydrogen) atoms. The Bertz CT molecular complexity index is 1140. The number of nitrogens with zero attached hydrogens (tertiary/aromatic N) is 1. The summed E-state index contributed by atoms with van der Waals surface area (Å²) in [6, 6.07) is 13.6. The standard InChI is InChI=1S/C28H40N2O5S/c1-5-22-14-20(11-13-27(32)33)10-12-26(22)36(34,35)30(4)19-25(31)18-29-28(2,3)17-21-15-23-8-6-7-9-24(23)16-21/h6-10,12,14,21,25,29,31H,5,11,13,15-19H2,1-4H3,(H,32,33). The number of aliphatic hydroxyl groups excluding tert-OH is 1. The van der Waals surface area contributed by atoms with Crippen LogP contribution in [0, 0.1) is 5.92 Å². The molecule has 0 saturated carbocycles. The fourth-order valence-electron chi connectivity index (χ4n) is 5.18. The average Bonchev–Trinajstić information content (AvgIpc) is 3.22. The smallest absolute Gasteiger partial charge is 0.303 e. The molecule has 8 heteroatoms. The second-order valence-corrected chi connectivity index (χ2v) is 12.7. The van der Waals surface area contributed by atoms with Crippen LogP contribution in [0.25, 0.3) is 0 Å². The van der Waals surface area contributed by atoms with Crippen molar-refractivity contribution in [2.45, 2.75) is 75.8 Å². The van der Waals surface area contributed by atoms with Crippen LogP contribution in [-0.4, -0.2) is 60.7 Å². The zero-order chi connectivity index (χ0) is 26.5. The number of sulfonamides is 1. The van der Waals surface area contributed by atoms with Gasteiger partial charge < -0.3 is 15.5 Å². The summed E-state index contributed by atoms with van der Waals surface area (Å²) >= 11 is 0. The summed E-state index contributed by atoms with van der Waals surface area (Å²) in [4.78, 5) is 11.1. The molecule has 0 heterocycles. The highest BCUT2D eigenvalue weighted by Crippen LogP contribution is 2.32. The van der Waals surface area contributed by atoms with Crippen molar-refractivity contribution in [2.75, 3.05) is 20.1 Å². The highest BCUT2D eigenvalue weighted by atomic mass is 32.2. The molecule has 0 saturated heterocycles. The van der Waals surface area contributed by atoms with E-state index in [1.807, 2.05) is 6.92 Å². The minimum Gasteiger partial charge on any atom is -0.481 e. The quantitative estimate of drug-likeness (QED) is 0.377. The predicted octanol–water partition coefficient (Wildman–Crippen LogP) is 3.42. The van der Waals surface area contributed by atoms with E-state index in [1.54, 1.807) is 18.2 Å². The van der Waals surface area contributed by atoms with Crippen LogP contribution in [-0.2, 0) is 40.5 Å². The number of β-amino-alcohol motifs (C(OH)–C–C–N with tert-alkyl or cyclic N) is 1. The van der Waals surface area contributed by atoms with E-state index in [-0.39, 0.29) is 23.4 Å². The zero-order valence-electron chi connectivity index (χ0n) is 21.8. The number of hydrogen-bond acceptors (Lipinski definition) is 5. The molecule has 0 bridgehead atoms. The molecule has 0 spiro atoms. The van der Waals surface area contributed by atoms with Crippen molar-refractivity contribution in [1.29, 1.82) is 0 Å². The van der Waals surface area contributed by atoms with Gasteiger partial charge in [0.15, 0.2) is 0 Å². The first kappa shape index (κ1) is 28.3. The first-order chi connectivity index (χ1) is 16.9. The third kappa shape index (κ3) is 7.38. The molecule has 2 aromatic carbocycles. The maximum absolute atomic E-state index is 13.3. The number of nitrogens with one attached hydrogen (secondary N) is 1. The second-order valence-electron chi connectivity index (χ2n) is 10.6. The molecule has 7 nitrogen and oxygen atoms in total. The largest absolute Gasteiger partial charge is 0.481 e. The summed E-state index contributed by atoms with van der Waals surface area (Å²) < 4.78 is 27.7. The van der Waals surface area contributed by atoms with Gasteiger partial charge in [0.1, 0.15) is 0 Å². The van der Waals surface area contributed by atoms with Gasteiger partial charge in [-0.15, -0.1) is 0 Å². The van der Waals surface area contributed by atoms with Crippen molar-refractivity contribution in [3.8, 4) is 0 Å². The molecule has 2 aromatic rings. The third-order valence-electron chi connectivity index (χ3n) is 7.04. The van der Waals surface area contributed by atoms with E-state index in [2.05, 4.69) is 43.4 Å². The van der Waals surface area contributed by atoms with E-state index >= 15 is 0 Å². The van der Waals surface area contributed by atoms with Crippen molar-refractivity contribution in [3.63, 3.8) is 0 Å². The number of aliphatic hydroxyl groups is 1. The van der Waals surface area contributed by atoms with Crippen molar-refractivity contribution in [3.05, 3.63) is 64.7 Å². The lowest BCUT2D eigenvalue weighted by atomic mass is 9.88. The van der Waals surface area contributed by atoms with E-state index in [9.17, 15) is 18.3 Å². The average molecular weight is 517 g/mol. The molecule has 0 fully saturated rings. The van der Waals surface area contributed by atoms with Crippen molar-refractivity contribution in [2.24, 2.45) is 5.92 Å². The highest BCUT2D eigenvalue weighted by molar-refractivity contribution is 7.89. The summed E-state index contributed by atoms with van der Waals surface area (Å²) in [5.74, 6) is -0.334. The van der Waals surface area contributed by atoms with Crippen LogP contribution in [0.4, 0.5) is 0 Å². The number of benzene rings is 2. The Hall–Kier alpha value is -2.26. The van der Waals surface area contributed by atoms with Crippen LogP contribution in [0.5, 0.6) is 0 Å². The molecule has 0 aliphatic heterocycles. The zero-order valence-corrected chi connectivity index (χ0v) is 22.6. The summed E-state index contributed by atoms with van der Waals surface area (Å²) in [7, 11) is -2.32. The van der Waals surface area contributed by atoms with Gasteiger partial charge in [-0.2, -0.15) is 4.31 Å². The first-order valence-electron chi connectivity index (χ1n) is 12.7. The number of aliphatic carboxylic acids is 1. The molecular weight excluding hydrogens is 476 g/mol. The van der Waals surface area contributed by atoms with Gasteiger partial charge in [-0.1, -0.05) is 43.3 Å². The number of rotatable bonds is 13. The number of carbonyl (C=O) groups is 1. The number of aryl methyl sites for hydroxylation is 2. The van der Waals surface area contributed by atoms with E-state index in [0.717, 1.165) is 24.8 Å². The summed E-state index contributed by atoms with van der Waals surface area (Å²) in [5.41, 5.74) is 4.11. The van der Waals surface area contributed by atoms with Crippen LogP contribution >= 0.6 is 0 Å². The first-order valence-corrected chi connectivity index (χ1v) is 14.1. The topological polar surface area (TPSA) is 107 Å². The highest BCUT2D eigenvalue weighted by Gasteiger charge is 2.30. The molecule has 0 aromatic heterocycles. The Morgan fingerprint density at radius 3 is 2.39 bits per heavy atom. The molecule has 198 valence electrons. The number of likely N-dealkylation sites (N-methyl/N-ethyl adjacent to an activating group) is 1. The van der Waals surface area contributed by atoms with Gasteiger partial charge in [0.05, 0.1) is 11.0 Å². The Balaban J connectivity index is 1.55. The van der Waals surface area contributed by atoms with Gasteiger partial charge in [-0.3, -0.25) is 4.79 Å². The minimum atomic E-state index is -3.80. The molecule has 0 amide bonds. The summed E-state index contributed by atoms with van der Waals surface area (Å²) in [5, 5.41) is 23.0. The van der Waals surface area contributed by atoms with Crippen LogP contribution in [0.3, 0.4) is 0 Å².